The Hall–Kier alpha value is -0.900. The maximum absolute atomic E-state index is 5.62. The fraction of sp³-hybridized carbons (Fsp3) is 0.667. The first-order chi connectivity index (χ1) is 10.1. The van der Waals surface area contributed by atoms with Gasteiger partial charge in [-0.15, -0.1) is 0 Å². The van der Waals surface area contributed by atoms with E-state index >= 15 is 0 Å². The zero-order valence-electron chi connectivity index (χ0n) is 13.5. The second-order valence-corrected chi connectivity index (χ2v) is 7.23. The number of ether oxygens (including phenoxy) is 1. The quantitative estimate of drug-likeness (QED) is 0.925. The largest absolute Gasteiger partial charge is 0.381 e. The van der Waals surface area contributed by atoms with E-state index in [-0.39, 0.29) is 5.54 Å². The summed E-state index contributed by atoms with van der Waals surface area (Å²) in [5.41, 5.74) is 1.60. The number of hydrogen-bond acceptors (Lipinski definition) is 3. The van der Waals surface area contributed by atoms with Gasteiger partial charge in [0.1, 0.15) is 0 Å². The molecule has 1 N–H and O–H groups in total. The lowest BCUT2D eigenvalue weighted by atomic mass is 9.89. The highest BCUT2D eigenvalue weighted by atomic mass is 16.5. The first-order valence-corrected chi connectivity index (χ1v) is 8.20. The number of piperazine rings is 1. The number of nitrogens with one attached hydrogen (secondary N) is 1. The molecule has 3 atom stereocenters. The van der Waals surface area contributed by atoms with E-state index in [9.17, 15) is 0 Å². The van der Waals surface area contributed by atoms with Crippen LogP contribution in [0.1, 0.15) is 38.8 Å². The zero-order valence-corrected chi connectivity index (χ0v) is 13.5. The molecule has 3 unspecified atom stereocenters. The molecular weight excluding hydrogens is 260 g/mol. The molecule has 0 bridgehead atoms. The molecule has 3 rings (SSSR count). The van der Waals surface area contributed by atoms with Crippen LogP contribution in [0.25, 0.3) is 0 Å². The van der Waals surface area contributed by atoms with Crippen molar-refractivity contribution in [2.75, 3.05) is 26.3 Å². The summed E-state index contributed by atoms with van der Waals surface area (Å²) in [5.74, 6) is 0.671. The zero-order chi connectivity index (χ0) is 14.9. The van der Waals surface area contributed by atoms with Gasteiger partial charge < -0.3 is 10.1 Å². The van der Waals surface area contributed by atoms with Gasteiger partial charge in [0.2, 0.25) is 0 Å². The fourth-order valence-electron chi connectivity index (χ4n) is 3.73. The number of hydrogen-bond donors (Lipinski definition) is 1. The molecule has 2 aliphatic heterocycles. The van der Waals surface area contributed by atoms with Crippen LogP contribution in [-0.2, 0) is 4.74 Å². The van der Waals surface area contributed by atoms with E-state index < -0.39 is 0 Å². The maximum Gasteiger partial charge on any atom is 0.0509 e. The molecule has 0 saturated carbocycles. The van der Waals surface area contributed by atoms with Crippen LogP contribution in [0.15, 0.2) is 30.3 Å². The third kappa shape index (κ3) is 3.31. The predicted octanol–water partition coefficient (Wildman–Crippen LogP) is 2.84. The van der Waals surface area contributed by atoms with Gasteiger partial charge in [-0.2, -0.15) is 0 Å². The monoisotopic (exact) mass is 288 g/mol. The normalized spacial score (nSPS) is 31.2. The molecule has 2 saturated heterocycles. The lowest BCUT2D eigenvalue weighted by Crippen LogP contribution is -2.61. The SMILES string of the molecule is CC(C1CCOC1)N1CC(C)(C)NCC1c1ccccc1. The Morgan fingerprint density at radius 3 is 2.71 bits per heavy atom. The summed E-state index contributed by atoms with van der Waals surface area (Å²) in [4.78, 5) is 2.70. The topological polar surface area (TPSA) is 24.5 Å². The molecule has 116 valence electrons. The van der Waals surface area contributed by atoms with Gasteiger partial charge in [0.15, 0.2) is 0 Å². The molecule has 0 amide bonds. The maximum atomic E-state index is 5.62. The Bertz CT molecular complexity index is 454. The summed E-state index contributed by atoms with van der Waals surface area (Å²) >= 11 is 0. The lowest BCUT2D eigenvalue weighted by Gasteiger charge is -2.48. The Morgan fingerprint density at radius 1 is 1.29 bits per heavy atom. The molecule has 3 heteroatoms. The van der Waals surface area contributed by atoms with Crippen LogP contribution in [0.2, 0.25) is 0 Å². The standard InChI is InChI=1S/C18H28N2O/c1-14(16-9-10-21-12-16)20-13-18(2,3)19-11-17(20)15-7-5-4-6-8-15/h4-8,14,16-17,19H,9-13H2,1-3H3. The molecule has 2 heterocycles. The summed E-state index contributed by atoms with van der Waals surface area (Å²) in [6, 6.07) is 12.0. The van der Waals surface area contributed by atoms with E-state index in [0.29, 0.717) is 18.0 Å². The Labute approximate surface area is 128 Å². The number of benzene rings is 1. The Kier molecular flexibility index (Phi) is 4.34. The summed E-state index contributed by atoms with van der Waals surface area (Å²) in [6.07, 6.45) is 1.20. The van der Waals surface area contributed by atoms with Gasteiger partial charge in [-0.05, 0) is 38.7 Å². The highest BCUT2D eigenvalue weighted by Gasteiger charge is 2.38. The molecule has 1 aromatic rings. The Balaban J connectivity index is 1.83. The van der Waals surface area contributed by atoms with Crippen LogP contribution in [0.3, 0.4) is 0 Å². The average Bonchev–Trinajstić information content (AvgIpc) is 3.01. The van der Waals surface area contributed by atoms with Gasteiger partial charge in [-0.1, -0.05) is 30.3 Å². The van der Waals surface area contributed by atoms with Crippen molar-refractivity contribution in [1.29, 1.82) is 0 Å². The van der Waals surface area contributed by atoms with Crippen molar-refractivity contribution >= 4 is 0 Å². The lowest BCUT2D eigenvalue weighted by molar-refractivity contribution is 0.0320. The summed E-state index contributed by atoms with van der Waals surface area (Å²) < 4.78 is 5.62. The molecular formula is C18H28N2O. The van der Waals surface area contributed by atoms with E-state index in [0.717, 1.165) is 26.3 Å². The first kappa shape index (κ1) is 15.0. The Morgan fingerprint density at radius 2 is 2.05 bits per heavy atom. The third-order valence-electron chi connectivity index (χ3n) is 5.11. The molecule has 21 heavy (non-hydrogen) atoms. The van der Waals surface area contributed by atoms with E-state index in [1.165, 1.54) is 12.0 Å². The highest BCUT2D eigenvalue weighted by Crippen LogP contribution is 2.33. The first-order valence-electron chi connectivity index (χ1n) is 8.20. The summed E-state index contributed by atoms with van der Waals surface area (Å²) in [7, 11) is 0. The minimum Gasteiger partial charge on any atom is -0.381 e. The van der Waals surface area contributed by atoms with Gasteiger partial charge >= 0.3 is 0 Å². The smallest absolute Gasteiger partial charge is 0.0509 e. The van der Waals surface area contributed by atoms with Crippen molar-refractivity contribution in [3.8, 4) is 0 Å². The fourth-order valence-corrected chi connectivity index (χ4v) is 3.73. The average molecular weight is 288 g/mol. The van der Waals surface area contributed by atoms with Crippen LogP contribution in [0.5, 0.6) is 0 Å². The van der Waals surface area contributed by atoms with Gasteiger partial charge in [0.25, 0.3) is 0 Å². The van der Waals surface area contributed by atoms with Crippen molar-refractivity contribution in [2.45, 2.75) is 44.8 Å². The molecule has 0 aliphatic carbocycles. The number of rotatable bonds is 3. The van der Waals surface area contributed by atoms with Crippen LogP contribution in [0.4, 0.5) is 0 Å². The molecule has 2 aliphatic rings. The molecule has 1 aromatic carbocycles. The minimum atomic E-state index is 0.180. The van der Waals surface area contributed by atoms with E-state index in [2.05, 4.69) is 61.3 Å². The van der Waals surface area contributed by atoms with Crippen molar-refractivity contribution in [2.24, 2.45) is 5.92 Å². The van der Waals surface area contributed by atoms with Crippen LogP contribution < -0.4 is 5.32 Å². The van der Waals surface area contributed by atoms with Gasteiger partial charge in [-0.25, -0.2) is 0 Å². The summed E-state index contributed by atoms with van der Waals surface area (Å²) in [6.45, 7) is 11.0. The predicted molar refractivity (Wildman–Crippen MR) is 86.4 cm³/mol. The van der Waals surface area contributed by atoms with E-state index in [1.54, 1.807) is 0 Å². The second-order valence-electron chi connectivity index (χ2n) is 7.23. The minimum absolute atomic E-state index is 0.180. The second kappa shape index (κ2) is 6.07. The van der Waals surface area contributed by atoms with Crippen LogP contribution in [-0.4, -0.2) is 42.8 Å². The molecule has 3 nitrogen and oxygen atoms in total. The molecule has 0 radical (unpaired) electrons. The number of nitrogens with zero attached hydrogens (tertiary/aromatic N) is 1. The third-order valence-corrected chi connectivity index (χ3v) is 5.11. The highest BCUT2D eigenvalue weighted by molar-refractivity contribution is 5.21. The molecule has 0 spiro atoms. The van der Waals surface area contributed by atoms with Crippen molar-refractivity contribution in [3.63, 3.8) is 0 Å². The molecule has 0 aromatic heterocycles. The van der Waals surface area contributed by atoms with Gasteiger partial charge in [-0.3, -0.25) is 4.90 Å². The van der Waals surface area contributed by atoms with Gasteiger partial charge in [0, 0.05) is 37.3 Å². The van der Waals surface area contributed by atoms with Crippen molar-refractivity contribution in [3.05, 3.63) is 35.9 Å². The van der Waals surface area contributed by atoms with E-state index in [4.69, 9.17) is 4.74 Å². The van der Waals surface area contributed by atoms with Crippen LogP contribution >= 0.6 is 0 Å². The van der Waals surface area contributed by atoms with Gasteiger partial charge in [0.05, 0.1) is 6.61 Å². The van der Waals surface area contributed by atoms with E-state index in [1.807, 2.05) is 0 Å². The van der Waals surface area contributed by atoms with Crippen LogP contribution in [0, 0.1) is 5.92 Å². The molecule has 2 fully saturated rings. The summed E-state index contributed by atoms with van der Waals surface area (Å²) in [5, 5.41) is 3.71. The van der Waals surface area contributed by atoms with Crippen molar-refractivity contribution in [1.82, 2.24) is 10.2 Å². The van der Waals surface area contributed by atoms with Crippen molar-refractivity contribution < 1.29 is 4.74 Å².